The smallest absolute Gasteiger partial charge is 0.106 e. The SMILES string of the molecule is OC(CCc1ccncc1)Cc1ccco1. The first-order valence-corrected chi connectivity index (χ1v) is 5.44. The van der Waals surface area contributed by atoms with Crippen molar-refractivity contribution in [3.8, 4) is 0 Å². The summed E-state index contributed by atoms with van der Waals surface area (Å²) in [6.45, 7) is 0. The molecular weight excluding hydrogens is 202 g/mol. The van der Waals surface area contributed by atoms with Crippen molar-refractivity contribution in [1.29, 1.82) is 0 Å². The zero-order chi connectivity index (χ0) is 11.2. The molecule has 0 aliphatic heterocycles. The summed E-state index contributed by atoms with van der Waals surface area (Å²) in [5, 5.41) is 9.81. The van der Waals surface area contributed by atoms with Crippen molar-refractivity contribution >= 4 is 0 Å². The first-order valence-electron chi connectivity index (χ1n) is 5.44. The lowest BCUT2D eigenvalue weighted by Gasteiger charge is -2.08. The van der Waals surface area contributed by atoms with Crippen molar-refractivity contribution in [1.82, 2.24) is 4.98 Å². The van der Waals surface area contributed by atoms with E-state index in [4.69, 9.17) is 4.42 Å². The number of aliphatic hydroxyl groups is 1. The lowest BCUT2D eigenvalue weighted by atomic mass is 10.1. The number of rotatable bonds is 5. The van der Waals surface area contributed by atoms with Gasteiger partial charge in [0.1, 0.15) is 5.76 Å². The van der Waals surface area contributed by atoms with E-state index in [2.05, 4.69) is 4.98 Å². The van der Waals surface area contributed by atoms with Gasteiger partial charge in [-0.25, -0.2) is 0 Å². The van der Waals surface area contributed by atoms with Crippen LogP contribution in [-0.4, -0.2) is 16.2 Å². The zero-order valence-electron chi connectivity index (χ0n) is 9.04. The fourth-order valence-electron chi connectivity index (χ4n) is 1.65. The van der Waals surface area contributed by atoms with E-state index < -0.39 is 0 Å². The molecule has 0 saturated heterocycles. The zero-order valence-corrected chi connectivity index (χ0v) is 9.04. The molecule has 0 spiro atoms. The summed E-state index contributed by atoms with van der Waals surface area (Å²) in [6.07, 6.45) is 7.01. The van der Waals surface area contributed by atoms with Gasteiger partial charge >= 0.3 is 0 Å². The molecule has 16 heavy (non-hydrogen) atoms. The Morgan fingerprint density at radius 2 is 2.06 bits per heavy atom. The minimum atomic E-state index is -0.348. The van der Waals surface area contributed by atoms with Crippen molar-refractivity contribution in [2.75, 3.05) is 0 Å². The highest BCUT2D eigenvalue weighted by Gasteiger charge is 2.07. The van der Waals surface area contributed by atoms with Gasteiger partial charge in [0.2, 0.25) is 0 Å². The maximum atomic E-state index is 9.81. The fraction of sp³-hybridized carbons (Fsp3) is 0.308. The van der Waals surface area contributed by atoms with Crippen LogP contribution in [0.1, 0.15) is 17.7 Å². The van der Waals surface area contributed by atoms with Crippen LogP contribution < -0.4 is 0 Å². The molecule has 0 fully saturated rings. The molecular formula is C13H15NO2. The number of pyridine rings is 1. The number of hydrogen-bond acceptors (Lipinski definition) is 3. The van der Waals surface area contributed by atoms with E-state index in [9.17, 15) is 5.11 Å². The molecule has 2 heterocycles. The molecule has 2 aromatic heterocycles. The fourth-order valence-corrected chi connectivity index (χ4v) is 1.65. The highest BCUT2D eigenvalue weighted by molar-refractivity contribution is 5.10. The van der Waals surface area contributed by atoms with Crippen LogP contribution in [0.5, 0.6) is 0 Å². The molecule has 1 atom stereocenters. The van der Waals surface area contributed by atoms with Crippen molar-refractivity contribution in [3.63, 3.8) is 0 Å². The number of furan rings is 1. The Morgan fingerprint density at radius 3 is 2.75 bits per heavy atom. The summed E-state index contributed by atoms with van der Waals surface area (Å²) in [4.78, 5) is 3.96. The molecule has 0 saturated carbocycles. The lowest BCUT2D eigenvalue weighted by Crippen LogP contribution is -2.11. The molecule has 0 aliphatic carbocycles. The van der Waals surface area contributed by atoms with E-state index in [1.807, 2.05) is 24.3 Å². The van der Waals surface area contributed by atoms with Gasteiger partial charge in [-0.3, -0.25) is 4.98 Å². The highest BCUT2D eigenvalue weighted by Crippen LogP contribution is 2.09. The summed E-state index contributed by atoms with van der Waals surface area (Å²) >= 11 is 0. The Balaban J connectivity index is 1.78. The standard InChI is InChI=1S/C13H15NO2/c15-12(10-13-2-1-9-16-13)4-3-11-5-7-14-8-6-11/h1-2,5-9,12,15H,3-4,10H2. The lowest BCUT2D eigenvalue weighted by molar-refractivity contribution is 0.158. The number of aryl methyl sites for hydroxylation is 1. The van der Waals surface area contributed by atoms with Crippen LogP contribution >= 0.6 is 0 Å². The highest BCUT2D eigenvalue weighted by atomic mass is 16.3. The predicted octanol–water partition coefficient (Wildman–Crippen LogP) is 2.21. The third kappa shape index (κ3) is 3.21. The summed E-state index contributed by atoms with van der Waals surface area (Å²) in [5.41, 5.74) is 1.20. The topological polar surface area (TPSA) is 46.3 Å². The van der Waals surface area contributed by atoms with Crippen LogP contribution in [0.25, 0.3) is 0 Å². The second-order valence-corrected chi connectivity index (χ2v) is 3.83. The summed E-state index contributed by atoms with van der Waals surface area (Å²) in [6, 6.07) is 7.67. The number of hydrogen-bond donors (Lipinski definition) is 1. The molecule has 84 valence electrons. The van der Waals surface area contributed by atoms with Gasteiger partial charge in [-0.2, -0.15) is 0 Å². The van der Waals surface area contributed by atoms with E-state index in [1.54, 1.807) is 18.7 Å². The van der Waals surface area contributed by atoms with Crippen molar-refractivity contribution in [2.45, 2.75) is 25.4 Å². The molecule has 1 N–H and O–H groups in total. The largest absolute Gasteiger partial charge is 0.469 e. The molecule has 0 radical (unpaired) electrons. The molecule has 1 unspecified atom stereocenters. The molecule has 0 bridgehead atoms. The average Bonchev–Trinajstić information content (AvgIpc) is 2.81. The van der Waals surface area contributed by atoms with Gasteiger partial charge in [-0.1, -0.05) is 0 Å². The van der Waals surface area contributed by atoms with Crippen molar-refractivity contribution < 1.29 is 9.52 Å². The quantitative estimate of drug-likeness (QED) is 0.835. The van der Waals surface area contributed by atoms with Crippen LogP contribution in [0.3, 0.4) is 0 Å². The number of aromatic nitrogens is 1. The van der Waals surface area contributed by atoms with Gasteiger partial charge in [0.25, 0.3) is 0 Å². The Bertz CT molecular complexity index is 397. The van der Waals surface area contributed by atoms with E-state index >= 15 is 0 Å². The Labute approximate surface area is 94.8 Å². The van der Waals surface area contributed by atoms with Crippen molar-refractivity contribution in [3.05, 3.63) is 54.2 Å². The van der Waals surface area contributed by atoms with Gasteiger partial charge in [-0.05, 0) is 42.7 Å². The number of aliphatic hydroxyl groups excluding tert-OH is 1. The van der Waals surface area contributed by atoms with Crippen LogP contribution in [-0.2, 0) is 12.8 Å². The normalized spacial score (nSPS) is 12.6. The van der Waals surface area contributed by atoms with E-state index in [0.29, 0.717) is 6.42 Å². The van der Waals surface area contributed by atoms with Crippen LogP contribution in [0.15, 0.2) is 47.3 Å². The molecule has 3 heteroatoms. The Hall–Kier alpha value is -1.61. The molecule has 0 aromatic carbocycles. The minimum absolute atomic E-state index is 0.348. The van der Waals surface area contributed by atoms with E-state index in [-0.39, 0.29) is 6.10 Å². The van der Waals surface area contributed by atoms with Gasteiger partial charge in [0.15, 0.2) is 0 Å². The molecule has 3 nitrogen and oxygen atoms in total. The summed E-state index contributed by atoms with van der Waals surface area (Å²) in [5.74, 6) is 0.835. The third-order valence-corrected chi connectivity index (χ3v) is 2.53. The minimum Gasteiger partial charge on any atom is -0.469 e. The second-order valence-electron chi connectivity index (χ2n) is 3.83. The first-order chi connectivity index (χ1) is 7.84. The van der Waals surface area contributed by atoms with E-state index in [0.717, 1.165) is 18.6 Å². The Morgan fingerprint density at radius 1 is 1.25 bits per heavy atom. The maximum absolute atomic E-state index is 9.81. The summed E-state index contributed by atoms with van der Waals surface area (Å²) < 4.78 is 5.19. The molecule has 0 aliphatic rings. The van der Waals surface area contributed by atoms with Crippen LogP contribution in [0, 0.1) is 0 Å². The second kappa shape index (κ2) is 5.47. The van der Waals surface area contributed by atoms with Gasteiger partial charge in [0.05, 0.1) is 12.4 Å². The first kappa shape index (κ1) is 10.9. The van der Waals surface area contributed by atoms with Gasteiger partial charge < -0.3 is 9.52 Å². The molecule has 2 rings (SSSR count). The van der Waals surface area contributed by atoms with E-state index in [1.165, 1.54) is 5.56 Å². The Kier molecular flexibility index (Phi) is 3.72. The van der Waals surface area contributed by atoms with Crippen molar-refractivity contribution in [2.24, 2.45) is 0 Å². The number of nitrogens with zero attached hydrogens (tertiary/aromatic N) is 1. The van der Waals surface area contributed by atoms with Gasteiger partial charge in [0, 0.05) is 18.8 Å². The maximum Gasteiger partial charge on any atom is 0.106 e. The van der Waals surface area contributed by atoms with Crippen LogP contribution in [0.2, 0.25) is 0 Å². The van der Waals surface area contributed by atoms with Crippen LogP contribution in [0.4, 0.5) is 0 Å². The molecule has 2 aromatic rings. The summed E-state index contributed by atoms with van der Waals surface area (Å²) in [7, 11) is 0. The predicted molar refractivity (Wildman–Crippen MR) is 61.0 cm³/mol. The average molecular weight is 217 g/mol. The monoisotopic (exact) mass is 217 g/mol. The molecule has 0 amide bonds. The van der Waals surface area contributed by atoms with Gasteiger partial charge in [-0.15, -0.1) is 0 Å². The third-order valence-electron chi connectivity index (χ3n) is 2.53.